The Morgan fingerprint density at radius 2 is 1.73 bits per heavy atom. The Labute approximate surface area is 226 Å². The maximum atomic E-state index is 13.4. The highest BCUT2D eigenvalue weighted by Crippen LogP contribution is 2.34. The molecule has 3 aromatic carbocycles. The van der Waals surface area contributed by atoms with Crippen molar-refractivity contribution >= 4 is 40.8 Å². The molecule has 5 rings (SSSR count). The SMILES string of the molecule is Cc1ccc(NC(=O)c2cccc(C(F)(F)F)c2)cc1N1Cc2cnc(Nc3ccc(F)cc3)nc2N(C)C1=O. The quantitative estimate of drug-likeness (QED) is 0.276. The molecule has 4 aromatic rings. The van der Waals surface area contributed by atoms with Crippen molar-refractivity contribution in [3.05, 3.63) is 101 Å². The Kier molecular flexibility index (Phi) is 6.84. The monoisotopic (exact) mass is 550 g/mol. The molecular formula is C28H22F4N6O2. The van der Waals surface area contributed by atoms with Gasteiger partial charge >= 0.3 is 12.2 Å². The lowest BCUT2D eigenvalue weighted by Crippen LogP contribution is -2.46. The standard InChI is InChI=1S/C28H22F4N6O2/c1-16-6-9-22(34-25(39)17-4-3-5-19(12-17)28(30,31)32)13-23(16)38-15-18-14-33-26(36-24(18)37(2)27(38)40)35-21-10-7-20(29)8-11-21/h3-14H,15H2,1-2H3,(H,34,39)(H,33,35,36). The lowest BCUT2D eigenvalue weighted by atomic mass is 10.1. The van der Waals surface area contributed by atoms with Crippen LogP contribution in [0.5, 0.6) is 0 Å². The molecule has 12 heteroatoms. The number of aromatic nitrogens is 2. The van der Waals surface area contributed by atoms with Crippen molar-refractivity contribution in [2.75, 3.05) is 27.5 Å². The van der Waals surface area contributed by atoms with Gasteiger partial charge in [-0.05, 0) is 67.1 Å². The van der Waals surface area contributed by atoms with Crippen molar-refractivity contribution in [2.24, 2.45) is 0 Å². The second-order valence-electron chi connectivity index (χ2n) is 9.14. The molecule has 8 nitrogen and oxygen atoms in total. The third kappa shape index (κ3) is 5.41. The minimum absolute atomic E-state index is 0.140. The molecule has 204 valence electrons. The van der Waals surface area contributed by atoms with Crippen LogP contribution in [0.15, 0.2) is 72.9 Å². The van der Waals surface area contributed by atoms with Crippen LogP contribution in [0, 0.1) is 12.7 Å². The smallest absolute Gasteiger partial charge is 0.324 e. The van der Waals surface area contributed by atoms with Gasteiger partial charge in [-0.3, -0.25) is 14.6 Å². The van der Waals surface area contributed by atoms with Crippen LogP contribution in [0.3, 0.4) is 0 Å². The Balaban J connectivity index is 1.37. The third-order valence-corrected chi connectivity index (χ3v) is 6.32. The minimum Gasteiger partial charge on any atom is -0.324 e. The number of benzene rings is 3. The third-order valence-electron chi connectivity index (χ3n) is 6.32. The molecule has 40 heavy (non-hydrogen) atoms. The first kappa shape index (κ1) is 26.6. The van der Waals surface area contributed by atoms with E-state index < -0.39 is 17.6 Å². The number of amides is 3. The second kappa shape index (κ2) is 10.3. The number of alkyl halides is 3. The molecule has 1 aromatic heterocycles. The topological polar surface area (TPSA) is 90.5 Å². The number of halogens is 4. The van der Waals surface area contributed by atoms with Crippen LogP contribution in [-0.2, 0) is 12.7 Å². The summed E-state index contributed by atoms with van der Waals surface area (Å²) >= 11 is 0. The number of rotatable bonds is 5. The molecule has 0 saturated carbocycles. The van der Waals surface area contributed by atoms with Crippen LogP contribution in [0.25, 0.3) is 0 Å². The van der Waals surface area contributed by atoms with Gasteiger partial charge in [-0.15, -0.1) is 0 Å². The van der Waals surface area contributed by atoms with Crippen molar-refractivity contribution < 1.29 is 27.2 Å². The molecule has 2 N–H and O–H groups in total. The van der Waals surface area contributed by atoms with Gasteiger partial charge in [0.15, 0.2) is 0 Å². The van der Waals surface area contributed by atoms with Crippen molar-refractivity contribution in [1.29, 1.82) is 0 Å². The van der Waals surface area contributed by atoms with Crippen LogP contribution < -0.4 is 20.4 Å². The molecule has 0 aliphatic carbocycles. The molecule has 1 aliphatic rings. The van der Waals surface area contributed by atoms with Crippen LogP contribution in [-0.4, -0.2) is 29.0 Å². The first-order chi connectivity index (χ1) is 19.0. The average molecular weight is 551 g/mol. The summed E-state index contributed by atoms with van der Waals surface area (Å²) in [5, 5.41) is 5.58. The molecule has 2 heterocycles. The number of hydrogen-bond acceptors (Lipinski definition) is 5. The summed E-state index contributed by atoms with van der Waals surface area (Å²) in [6.07, 6.45) is -3.00. The molecule has 0 radical (unpaired) electrons. The summed E-state index contributed by atoms with van der Waals surface area (Å²) in [5.41, 5.74) is 1.69. The van der Waals surface area contributed by atoms with Crippen LogP contribution in [0.4, 0.5) is 51.2 Å². The molecular weight excluding hydrogens is 528 g/mol. The van der Waals surface area contributed by atoms with Gasteiger partial charge in [0.05, 0.1) is 17.8 Å². The van der Waals surface area contributed by atoms with Gasteiger partial charge < -0.3 is 10.6 Å². The van der Waals surface area contributed by atoms with Crippen molar-refractivity contribution in [3.8, 4) is 0 Å². The number of nitrogens with one attached hydrogen (secondary N) is 2. The van der Waals surface area contributed by atoms with E-state index in [9.17, 15) is 27.2 Å². The molecule has 0 fully saturated rings. The molecule has 0 unspecified atom stereocenters. The molecule has 1 aliphatic heterocycles. The zero-order valence-corrected chi connectivity index (χ0v) is 21.3. The maximum absolute atomic E-state index is 13.4. The fraction of sp³-hybridized carbons (Fsp3) is 0.143. The predicted molar refractivity (Wildman–Crippen MR) is 142 cm³/mol. The van der Waals surface area contributed by atoms with E-state index in [2.05, 4.69) is 20.6 Å². The van der Waals surface area contributed by atoms with E-state index in [1.165, 1.54) is 46.2 Å². The molecule has 3 amide bonds. The predicted octanol–water partition coefficient (Wildman–Crippen LogP) is 6.52. The van der Waals surface area contributed by atoms with Crippen molar-refractivity contribution in [1.82, 2.24) is 9.97 Å². The lowest BCUT2D eigenvalue weighted by Gasteiger charge is -2.35. The van der Waals surface area contributed by atoms with Gasteiger partial charge in [0.2, 0.25) is 5.95 Å². The van der Waals surface area contributed by atoms with E-state index in [1.807, 2.05) is 0 Å². The van der Waals surface area contributed by atoms with E-state index in [0.29, 0.717) is 28.4 Å². The van der Waals surface area contributed by atoms with Gasteiger partial charge in [0, 0.05) is 35.7 Å². The first-order valence-corrected chi connectivity index (χ1v) is 12.0. The maximum Gasteiger partial charge on any atom is 0.416 e. The molecule has 0 atom stereocenters. The minimum atomic E-state index is -4.58. The van der Waals surface area contributed by atoms with E-state index in [-0.39, 0.29) is 29.9 Å². The molecule has 0 spiro atoms. The summed E-state index contributed by atoms with van der Waals surface area (Å²) in [6.45, 7) is 1.93. The van der Waals surface area contributed by atoms with E-state index >= 15 is 0 Å². The second-order valence-corrected chi connectivity index (χ2v) is 9.14. The fourth-order valence-corrected chi connectivity index (χ4v) is 4.24. The Morgan fingerprint density at radius 1 is 1.00 bits per heavy atom. The number of carbonyl (C=O) groups excluding carboxylic acids is 2. The summed E-state index contributed by atoms with van der Waals surface area (Å²) in [4.78, 5) is 37.7. The Hall–Kier alpha value is -5.00. The van der Waals surface area contributed by atoms with Gasteiger partial charge in [-0.25, -0.2) is 14.2 Å². The largest absolute Gasteiger partial charge is 0.416 e. The summed E-state index contributed by atoms with van der Waals surface area (Å²) < 4.78 is 52.4. The summed E-state index contributed by atoms with van der Waals surface area (Å²) in [5.74, 6) is -0.471. The van der Waals surface area contributed by atoms with Crippen LogP contribution in [0.2, 0.25) is 0 Å². The highest BCUT2D eigenvalue weighted by molar-refractivity contribution is 6.07. The first-order valence-electron chi connectivity index (χ1n) is 12.0. The highest BCUT2D eigenvalue weighted by Gasteiger charge is 2.32. The average Bonchev–Trinajstić information content (AvgIpc) is 2.93. The number of urea groups is 1. The zero-order valence-electron chi connectivity index (χ0n) is 21.3. The lowest BCUT2D eigenvalue weighted by molar-refractivity contribution is -0.137. The van der Waals surface area contributed by atoms with Gasteiger partial charge in [0.1, 0.15) is 11.6 Å². The molecule has 0 saturated heterocycles. The van der Waals surface area contributed by atoms with E-state index in [1.54, 1.807) is 38.4 Å². The van der Waals surface area contributed by atoms with Crippen molar-refractivity contribution in [3.63, 3.8) is 0 Å². The summed E-state index contributed by atoms with van der Waals surface area (Å²) in [7, 11) is 1.57. The highest BCUT2D eigenvalue weighted by atomic mass is 19.4. The molecule has 0 bridgehead atoms. The van der Waals surface area contributed by atoms with Crippen LogP contribution in [0.1, 0.15) is 27.0 Å². The van der Waals surface area contributed by atoms with Crippen LogP contribution >= 0.6 is 0 Å². The Bertz CT molecular complexity index is 1610. The number of nitrogens with zero attached hydrogens (tertiary/aromatic N) is 4. The Morgan fingerprint density at radius 3 is 2.45 bits per heavy atom. The summed E-state index contributed by atoms with van der Waals surface area (Å²) in [6, 6.07) is 14.3. The number of fused-ring (bicyclic) bond motifs is 1. The number of carbonyl (C=O) groups is 2. The number of aryl methyl sites for hydroxylation is 1. The van der Waals surface area contributed by atoms with Crippen molar-refractivity contribution in [2.45, 2.75) is 19.6 Å². The normalized spacial score (nSPS) is 13.2. The van der Waals surface area contributed by atoms with E-state index in [4.69, 9.17) is 0 Å². The van der Waals surface area contributed by atoms with Gasteiger partial charge in [-0.1, -0.05) is 12.1 Å². The van der Waals surface area contributed by atoms with E-state index in [0.717, 1.165) is 17.7 Å². The fourth-order valence-electron chi connectivity index (χ4n) is 4.24. The van der Waals surface area contributed by atoms with Gasteiger partial charge in [0.25, 0.3) is 5.91 Å². The number of hydrogen-bond donors (Lipinski definition) is 2. The number of anilines is 5. The van der Waals surface area contributed by atoms with Gasteiger partial charge in [-0.2, -0.15) is 18.2 Å². The zero-order chi connectivity index (χ0) is 28.6.